The topological polar surface area (TPSA) is 58.4 Å². The summed E-state index contributed by atoms with van der Waals surface area (Å²) in [5.74, 6) is 0. The normalized spacial score (nSPS) is 16.9. The molecule has 20 heavy (non-hydrogen) atoms. The number of benzene rings is 1. The predicted octanol–water partition coefficient (Wildman–Crippen LogP) is 2.21. The van der Waals surface area contributed by atoms with E-state index in [0.717, 1.165) is 25.1 Å². The Bertz CT molecular complexity index is 453. The Morgan fingerprint density at radius 3 is 2.40 bits per heavy atom. The second-order valence-corrected chi connectivity index (χ2v) is 5.82. The molecule has 0 radical (unpaired) electrons. The van der Waals surface area contributed by atoms with Crippen LogP contribution in [0.3, 0.4) is 0 Å². The van der Waals surface area contributed by atoms with Gasteiger partial charge in [0.25, 0.3) is 5.69 Å². The van der Waals surface area contributed by atoms with Crippen molar-refractivity contribution in [1.29, 1.82) is 0 Å². The first-order valence-electron chi connectivity index (χ1n) is 7.15. The molecular formula is C15H23N3O2. The van der Waals surface area contributed by atoms with Crippen molar-refractivity contribution in [3.8, 4) is 0 Å². The molecular weight excluding hydrogens is 254 g/mol. The van der Waals surface area contributed by atoms with E-state index in [1.165, 1.54) is 19.3 Å². The molecule has 0 bridgehead atoms. The second kappa shape index (κ2) is 6.33. The molecule has 5 nitrogen and oxygen atoms in total. The summed E-state index contributed by atoms with van der Waals surface area (Å²) in [5, 5.41) is 14.1. The van der Waals surface area contributed by atoms with E-state index >= 15 is 0 Å². The maximum absolute atomic E-state index is 10.6. The molecule has 0 atom stereocenters. The molecule has 110 valence electrons. The highest BCUT2D eigenvalue weighted by molar-refractivity contribution is 5.32. The van der Waals surface area contributed by atoms with Crippen LogP contribution in [0, 0.1) is 10.1 Å². The number of nitro groups is 1. The lowest BCUT2D eigenvalue weighted by atomic mass is 9.75. The van der Waals surface area contributed by atoms with Crippen LogP contribution in [0.5, 0.6) is 0 Å². The third-order valence-electron chi connectivity index (χ3n) is 4.42. The van der Waals surface area contributed by atoms with Crippen molar-refractivity contribution in [2.75, 3.05) is 27.2 Å². The van der Waals surface area contributed by atoms with Gasteiger partial charge < -0.3 is 10.2 Å². The van der Waals surface area contributed by atoms with Gasteiger partial charge in [0, 0.05) is 24.2 Å². The van der Waals surface area contributed by atoms with Crippen LogP contribution in [0.15, 0.2) is 24.3 Å². The number of nitrogens with zero attached hydrogens (tertiary/aromatic N) is 2. The third-order valence-corrected chi connectivity index (χ3v) is 4.42. The molecule has 1 aromatic rings. The van der Waals surface area contributed by atoms with Crippen molar-refractivity contribution < 1.29 is 4.92 Å². The van der Waals surface area contributed by atoms with Gasteiger partial charge in [-0.1, -0.05) is 12.1 Å². The number of likely N-dealkylation sites (N-methyl/N-ethyl adjacent to an activating group) is 1. The zero-order valence-corrected chi connectivity index (χ0v) is 12.3. The molecule has 1 aliphatic carbocycles. The van der Waals surface area contributed by atoms with Crippen LogP contribution in [0.25, 0.3) is 0 Å². The van der Waals surface area contributed by atoms with Gasteiger partial charge in [-0.25, -0.2) is 0 Å². The van der Waals surface area contributed by atoms with E-state index in [-0.39, 0.29) is 10.6 Å². The highest BCUT2D eigenvalue weighted by atomic mass is 16.6. The molecule has 5 heteroatoms. The molecule has 1 fully saturated rings. The molecule has 1 saturated carbocycles. The van der Waals surface area contributed by atoms with Crippen molar-refractivity contribution in [3.05, 3.63) is 39.9 Å². The minimum absolute atomic E-state index is 0.155. The summed E-state index contributed by atoms with van der Waals surface area (Å²) >= 11 is 0. The Morgan fingerprint density at radius 2 is 1.95 bits per heavy atom. The summed E-state index contributed by atoms with van der Waals surface area (Å²) in [5.41, 5.74) is 1.63. The monoisotopic (exact) mass is 277 g/mol. The number of nitro benzene ring substituents is 1. The Balaban J connectivity index is 1.74. The first-order valence-corrected chi connectivity index (χ1v) is 7.15. The van der Waals surface area contributed by atoms with Crippen LogP contribution >= 0.6 is 0 Å². The largest absolute Gasteiger partial charge is 0.315 e. The smallest absolute Gasteiger partial charge is 0.269 e. The predicted molar refractivity (Wildman–Crippen MR) is 79.9 cm³/mol. The van der Waals surface area contributed by atoms with Crippen LogP contribution in [-0.2, 0) is 6.42 Å². The van der Waals surface area contributed by atoms with Gasteiger partial charge in [0.1, 0.15) is 0 Å². The van der Waals surface area contributed by atoms with Gasteiger partial charge >= 0.3 is 0 Å². The lowest BCUT2D eigenvalue weighted by molar-refractivity contribution is -0.384. The molecule has 1 N–H and O–H groups in total. The SMILES string of the molecule is CN(C)C1(CNCCc2ccc([N+](=O)[O-])cc2)CCC1. The molecule has 2 rings (SSSR count). The molecule has 0 unspecified atom stereocenters. The minimum Gasteiger partial charge on any atom is -0.315 e. The lowest BCUT2D eigenvalue weighted by Crippen LogP contribution is -2.56. The molecule has 0 spiro atoms. The van der Waals surface area contributed by atoms with Gasteiger partial charge in [0.2, 0.25) is 0 Å². The molecule has 0 aliphatic heterocycles. The fraction of sp³-hybridized carbons (Fsp3) is 0.600. The van der Waals surface area contributed by atoms with Crippen molar-refractivity contribution in [2.24, 2.45) is 0 Å². The van der Waals surface area contributed by atoms with Crippen LogP contribution < -0.4 is 5.32 Å². The van der Waals surface area contributed by atoms with E-state index < -0.39 is 0 Å². The maximum atomic E-state index is 10.6. The Hall–Kier alpha value is -1.46. The summed E-state index contributed by atoms with van der Waals surface area (Å²) in [6, 6.07) is 6.82. The quantitative estimate of drug-likeness (QED) is 0.471. The van der Waals surface area contributed by atoms with Crippen molar-refractivity contribution in [2.45, 2.75) is 31.2 Å². The third kappa shape index (κ3) is 3.35. The van der Waals surface area contributed by atoms with Crippen molar-refractivity contribution in [3.63, 3.8) is 0 Å². The van der Waals surface area contributed by atoms with Gasteiger partial charge in [-0.3, -0.25) is 10.1 Å². The van der Waals surface area contributed by atoms with Crippen molar-refractivity contribution >= 4 is 5.69 Å². The Morgan fingerprint density at radius 1 is 1.30 bits per heavy atom. The highest BCUT2D eigenvalue weighted by Crippen LogP contribution is 2.35. The second-order valence-electron chi connectivity index (χ2n) is 5.82. The van der Waals surface area contributed by atoms with E-state index in [9.17, 15) is 10.1 Å². The van der Waals surface area contributed by atoms with Gasteiger partial charge in [-0.2, -0.15) is 0 Å². The number of hydrogen-bond acceptors (Lipinski definition) is 4. The molecule has 0 aromatic heterocycles. The number of rotatable bonds is 7. The molecule has 0 saturated heterocycles. The zero-order valence-electron chi connectivity index (χ0n) is 12.3. The highest BCUT2D eigenvalue weighted by Gasteiger charge is 2.38. The van der Waals surface area contributed by atoms with E-state index in [0.29, 0.717) is 5.54 Å². The van der Waals surface area contributed by atoms with Crippen LogP contribution in [0.1, 0.15) is 24.8 Å². The van der Waals surface area contributed by atoms with Gasteiger partial charge in [0.05, 0.1) is 4.92 Å². The van der Waals surface area contributed by atoms with Gasteiger partial charge in [0.15, 0.2) is 0 Å². The summed E-state index contributed by atoms with van der Waals surface area (Å²) < 4.78 is 0. The summed E-state index contributed by atoms with van der Waals surface area (Å²) in [7, 11) is 4.30. The van der Waals surface area contributed by atoms with E-state index in [4.69, 9.17) is 0 Å². The van der Waals surface area contributed by atoms with E-state index in [1.807, 2.05) is 12.1 Å². The van der Waals surface area contributed by atoms with Crippen molar-refractivity contribution in [1.82, 2.24) is 10.2 Å². The van der Waals surface area contributed by atoms with Crippen LogP contribution in [0.2, 0.25) is 0 Å². The molecule has 0 heterocycles. The van der Waals surface area contributed by atoms with E-state index in [1.54, 1.807) is 12.1 Å². The summed E-state index contributed by atoms with van der Waals surface area (Å²) in [6.45, 7) is 1.93. The minimum atomic E-state index is -0.362. The fourth-order valence-electron chi connectivity index (χ4n) is 2.71. The average molecular weight is 277 g/mol. The lowest BCUT2D eigenvalue weighted by Gasteiger charge is -2.47. The zero-order chi connectivity index (χ0) is 14.6. The molecule has 0 amide bonds. The van der Waals surface area contributed by atoms with Crippen LogP contribution in [0.4, 0.5) is 5.69 Å². The molecule has 1 aliphatic rings. The Labute approximate surface area is 120 Å². The first-order chi connectivity index (χ1) is 9.53. The van der Waals surface area contributed by atoms with Gasteiger partial charge in [-0.05, 0) is 51.9 Å². The van der Waals surface area contributed by atoms with Crippen LogP contribution in [-0.4, -0.2) is 42.5 Å². The fourth-order valence-corrected chi connectivity index (χ4v) is 2.71. The summed E-state index contributed by atoms with van der Waals surface area (Å²) in [6.07, 6.45) is 4.76. The number of hydrogen-bond donors (Lipinski definition) is 1. The standard InChI is InChI=1S/C15H23N3O2/c1-17(2)15(9-3-10-15)12-16-11-8-13-4-6-14(7-5-13)18(19)20/h4-7,16H,3,8-12H2,1-2H3. The number of non-ortho nitro benzene ring substituents is 1. The molecule has 1 aromatic carbocycles. The average Bonchev–Trinajstić information content (AvgIpc) is 2.36. The summed E-state index contributed by atoms with van der Waals surface area (Å²) in [4.78, 5) is 12.5. The number of nitrogens with one attached hydrogen (secondary N) is 1. The van der Waals surface area contributed by atoms with Gasteiger partial charge in [-0.15, -0.1) is 0 Å². The Kier molecular flexibility index (Phi) is 4.73. The first kappa shape index (κ1) is 14.9. The van der Waals surface area contributed by atoms with E-state index in [2.05, 4.69) is 24.3 Å². The maximum Gasteiger partial charge on any atom is 0.269 e.